The van der Waals surface area contributed by atoms with Gasteiger partial charge >= 0.3 is 5.69 Å². The molecule has 1 heterocycles. The molecule has 2 rings (SSSR count). The molecular formula is C9H14N2O. The molecule has 1 aromatic heterocycles. The van der Waals surface area contributed by atoms with Crippen LogP contribution in [0, 0.1) is 5.92 Å². The van der Waals surface area contributed by atoms with Crippen molar-refractivity contribution in [1.29, 1.82) is 0 Å². The normalized spacial score (nSPS) is 16.8. The number of hydrogen-bond acceptors (Lipinski definition) is 1. The van der Waals surface area contributed by atoms with Gasteiger partial charge in [0.15, 0.2) is 0 Å². The number of nitrogens with zero attached hydrogens (tertiary/aromatic N) is 2. The quantitative estimate of drug-likeness (QED) is 0.657. The highest BCUT2D eigenvalue weighted by Gasteiger charge is 2.20. The Morgan fingerprint density at radius 3 is 2.75 bits per heavy atom. The van der Waals surface area contributed by atoms with Crippen LogP contribution in [0.25, 0.3) is 0 Å². The van der Waals surface area contributed by atoms with Crippen molar-refractivity contribution in [3.63, 3.8) is 0 Å². The average molecular weight is 166 g/mol. The van der Waals surface area contributed by atoms with Crippen LogP contribution in [-0.4, -0.2) is 9.13 Å². The van der Waals surface area contributed by atoms with E-state index in [-0.39, 0.29) is 5.69 Å². The van der Waals surface area contributed by atoms with E-state index in [2.05, 4.69) is 0 Å². The van der Waals surface area contributed by atoms with Gasteiger partial charge in [-0.3, -0.25) is 4.57 Å². The van der Waals surface area contributed by atoms with Gasteiger partial charge in [0.25, 0.3) is 0 Å². The van der Waals surface area contributed by atoms with Crippen LogP contribution in [0.15, 0.2) is 17.2 Å². The molecule has 1 aliphatic rings. The van der Waals surface area contributed by atoms with Gasteiger partial charge in [0.05, 0.1) is 0 Å². The van der Waals surface area contributed by atoms with Crippen molar-refractivity contribution < 1.29 is 0 Å². The number of imidazole rings is 1. The maximum absolute atomic E-state index is 11.3. The predicted octanol–water partition coefficient (Wildman–Crippen LogP) is 0.987. The summed E-state index contributed by atoms with van der Waals surface area (Å²) in [4.78, 5) is 11.3. The second-order valence-corrected chi connectivity index (χ2v) is 3.62. The summed E-state index contributed by atoms with van der Waals surface area (Å²) in [6, 6.07) is 0. The van der Waals surface area contributed by atoms with Crippen molar-refractivity contribution in [3.05, 3.63) is 22.9 Å². The van der Waals surface area contributed by atoms with E-state index in [1.807, 2.05) is 12.4 Å². The summed E-state index contributed by atoms with van der Waals surface area (Å²) in [6.07, 6.45) is 7.58. The minimum atomic E-state index is 0.107. The summed E-state index contributed by atoms with van der Waals surface area (Å²) in [7, 11) is 1.79. The van der Waals surface area contributed by atoms with Gasteiger partial charge in [-0.15, -0.1) is 0 Å². The Morgan fingerprint density at radius 1 is 1.50 bits per heavy atom. The van der Waals surface area contributed by atoms with Gasteiger partial charge in [-0.05, 0) is 12.3 Å². The summed E-state index contributed by atoms with van der Waals surface area (Å²) >= 11 is 0. The summed E-state index contributed by atoms with van der Waals surface area (Å²) in [5, 5.41) is 0. The molecule has 66 valence electrons. The zero-order chi connectivity index (χ0) is 8.55. The van der Waals surface area contributed by atoms with E-state index < -0.39 is 0 Å². The molecule has 0 amide bonds. The van der Waals surface area contributed by atoms with Gasteiger partial charge in [0.1, 0.15) is 0 Å². The van der Waals surface area contributed by atoms with Crippen LogP contribution in [-0.2, 0) is 13.6 Å². The Kier molecular flexibility index (Phi) is 1.79. The van der Waals surface area contributed by atoms with Gasteiger partial charge in [-0.1, -0.05) is 12.8 Å². The summed E-state index contributed by atoms with van der Waals surface area (Å²) in [6.45, 7) is 0.893. The van der Waals surface area contributed by atoms with Crippen LogP contribution >= 0.6 is 0 Å². The zero-order valence-corrected chi connectivity index (χ0v) is 7.36. The van der Waals surface area contributed by atoms with Crippen molar-refractivity contribution in [2.24, 2.45) is 13.0 Å². The Hall–Kier alpha value is -0.990. The molecule has 0 aromatic carbocycles. The van der Waals surface area contributed by atoms with Gasteiger partial charge in [0, 0.05) is 26.0 Å². The second kappa shape index (κ2) is 2.81. The molecule has 0 bridgehead atoms. The summed E-state index contributed by atoms with van der Waals surface area (Å²) < 4.78 is 3.41. The lowest BCUT2D eigenvalue weighted by atomic mass is 10.3. The predicted molar refractivity (Wildman–Crippen MR) is 47.0 cm³/mol. The molecule has 1 aromatic rings. The molecule has 12 heavy (non-hydrogen) atoms. The molecule has 1 fully saturated rings. The van der Waals surface area contributed by atoms with Crippen LogP contribution in [0.1, 0.15) is 19.3 Å². The highest BCUT2D eigenvalue weighted by Crippen LogP contribution is 2.32. The number of hydrogen-bond donors (Lipinski definition) is 0. The number of rotatable bonds is 3. The topological polar surface area (TPSA) is 26.9 Å². The fraction of sp³-hybridized carbons (Fsp3) is 0.667. The Morgan fingerprint density at radius 2 is 2.25 bits per heavy atom. The number of aryl methyl sites for hydroxylation is 2. The first-order valence-electron chi connectivity index (χ1n) is 4.49. The maximum atomic E-state index is 11.3. The summed E-state index contributed by atoms with van der Waals surface area (Å²) in [5.41, 5.74) is 0.107. The lowest BCUT2D eigenvalue weighted by Gasteiger charge is -1.98. The molecular weight excluding hydrogens is 152 g/mol. The van der Waals surface area contributed by atoms with Gasteiger partial charge in [-0.25, -0.2) is 4.79 Å². The first kappa shape index (κ1) is 7.65. The third kappa shape index (κ3) is 1.44. The molecule has 0 saturated heterocycles. The monoisotopic (exact) mass is 166 g/mol. The highest BCUT2D eigenvalue weighted by molar-refractivity contribution is 4.81. The van der Waals surface area contributed by atoms with E-state index in [0.29, 0.717) is 0 Å². The van der Waals surface area contributed by atoms with Crippen LogP contribution < -0.4 is 5.69 Å². The molecule has 0 radical (unpaired) electrons. The molecule has 0 spiro atoms. The highest BCUT2D eigenvalue weighted by atomic mass is 16.1. The molecule has 3 heteroatoms. The molecule has 3 nitrogen and oxygen atoms in total. The Bertz CT molecular complexity index is 320. The SMILES string of the molecule is Cn1ccn(CCC2CC2)c1=O. The van der Waals surface area contributed by atoms with Crippen molar-refractivity contribution in [1.82, 2.24) is 9.13 Å². The van der Waals surface area contributed by atoms with Crippen LogP contribution in [0.3, 0.4) is 0 Å². The lowest BCUT2D eigenvalue weighted by Crippen LogP contribution is -2.21. The fourth-order valence-corrected chi connectivity index (χ4v) is 1.41. The molecule has 1 saturated carbocycles. The minimum Gasteiger partial charge on any atom is -0.302 e. The fourth-order valence-electron chi connectivity index (χ4n) is 1.41. The number of aromatic nitrogens is 2. The second-order valence-electron chi connectivity index (χ2n) is 3.62. The summed E-state index contributed by atoms with van der Waals surface area (Å²) in [5.74, 6) is 0.900. The van der Waals surface area contributed by atoms with Crippen molar-refractivity contribution in [2.45, 2.75) is 25.8 Å². The molecule has 0 atom stereocenters. The van der Waals surface area contributed by atoms with Gasteiger partial charge < -0.3 is 4.57 Å². The van der Waals surface area contributed by atoms with Gasteiger partial charge in [-0.2, -0.15) is 0 Å². The van der Waals surface area contributed by atoms with Crippen molar-refractivity contribution in [2.75, 3.05) is 0 Å². The van der Waals surface area contributed by atoms with E-state index in [1.165, 1.54) is 19.3 Å². The molecule has 0 aliphatic heterocycles. The standard InChI is InChI=1S/C9H14N2O/c1-10-6-7-11(9(10)12)5-4-8-2-3-8/h6-8H,2-5H2,1H3. The van der Waals surface area contributed by atoms with Gasteiger partial charge in [0.2, 0.25) is 0 Å². The third-order valence-corrected chi connectivity index (χ3v) is 2.49. The average Bonchev–Trinajstić information content (AvgIpc) is 2.82. The smallest absolute Gasteiger partial charge is 0.302 e. The lowest BCUT2D eigenvalue weighted by molar-refractivity contribution is 0.573. The van der Waals surface area contributed by atoms with Crippen LogP contribution in [0.4, 0.5) is 0 Å². The third-order valence-electron chi connectivity index (χ3n) is 2.49. The van der Waals surface area contributed by atoms with E-state index in [1.54, 1.807) is 16.2 Å². The maximum Gasteiger partial charge on any atom is 0.327 e. The van der Waals surface area contributed by atoms with E-state index in [4.69, 9.17) is 0 Å². The molecule has 1 aliphatic carbocycles. The van der Waals surface area contributed by atoms with E-state index in [9.17, 15) is 4.79 Å². The zero-order valence-electron chi connectivity index (χ0n) is 7.36. The first-order valence-corrected chi connectivity index (χ1v) is 4.49. The minimum absolute atomic E-state index is 0.107. The first-order chi connectivity index (χ1) is 5.77. The molecule has 0 unspecified atom stereocenters. The molecule has 0 N–H and O–H groups in total. The van der Waals surface area contributed by atoms with Crippen LogP contribution in [0.2, 0.25) is 0 Å². The Balaban J connectivity index is 2.01. The van der Waals surface area contributed by atoms with E-state index in [0.717, 1.165) is 12.5 Å². The van der Waals surface area contributed by atoms with Crippen LogP contribution in [0.5, 0.6) is 0 Å². The van der Waals surface area contributed by atoms with Crippen molar-refractivity contribution >= 4 is 0 Å². The largest absolute Gasteiger partial charge is 0.327 e. The Labute approximate surface area is 71.6 Å². The van der Waals surface area contributed by atoms with E-state index >= 15 is 0 Å². The van der Waals surface area contributed by atoms with Crippen molar-refractivity contribution in [3.8, 4) is 0 Å².